The maximum absolute atomic E-state index is 13.0. The van der Waals surface area contributed by atoms with Crippen LogP contribution in [-0.4, -0.2) is 20.8 Å². The van der Waals surface area contributed by atoms with E-state index in [0.717, 1.165) is 10.8 Å². The lowest BCUT2D eigenvalue weighted by atomic mass is 10.1. The van der Waals surface area contributed by atoms with Crippen LogP contribution in [0.2, 0.25) is 0 Å². The number of para-hydroxylation sites is 1. The number of benzene rings is 3. The van der Waals surface area contributed by atoms with Gasteiger partial charge in [0.05, 0.1) is 0 Å². The number of hydrogen-bond acceptors (Lipinski definition) is 5. The largest absolute Gasteiger partial charge is 0.421 e. The molecule has 144 valence electrons. The minimum absolute atomic E-state index is 0.116. The van der Waals surface area contributed by atoms with Crippen molar-refractivity contribution in [2.45, 2.75) is 0 Å². The Morgan fingerprint density at radius 2 is 1.59 bits per heavy atom. The zero-order valence-corrected chi connectivity index (χ0v) is 15.0. The summed E-state index contributed by atoms with van der Waals surface area (Å²) in [7, 11) is 0. The average molecular weight is 388 g/mol. The van der Waals surface area contributed by atoms with E-state index in [1.54, 1.807) is 42.5 Å². The third kappa shape index (κ3) is 3.46. The summed E-state index contributed by atoms with van der Waals surface area (Å²) >= 11 is 0. The number of carbonyl (C=O) groups is 1. The van der Waals surface area contributed by atoms with Crippen LogP contribution in [0.25, 0.3) is 10.8 Å². The van der Waals surface area contributed by atoms with Gasteiger partial charge in [0.25, 0.3) is 5.91 Å². The molecule has 29 heavy (non-hydrogen) atoms. The van der Waals surface area contributed by atoms with Crippen LogP contribution in [0.4, 0.5) is 17.2 Å². The molecule has 3 aromatic carbocycles. The van der Waals surface area contributed by atoms with Gasteiger partial charge in [-0.3, -0.25) is 14.6 Å². The molecule has 1 amide bonds. The molecule has 4 rings (SSSR count). The zero-order valence-electron chi connectivity index (χ0n) is 15.0. The minimum Gasteiger partial charge on any atom is -0.421 e. The van der Waals surface area contributed by atoms with Crippen LogP contribution in [-0.2, 0) is 0 Å². The lowest BCUT2D eigenvalue weighted by Gasteiger charge is -2.13. The van der Waals surface area contributed by atoms with Gasteiger partial charge in [0.1, 0.15) is 11.4 Å². The first-order valence-corrected chi connectivity index (χ1v) is 8.74. The zero-order chi connectivity index (χ0) is 20.4. The molecule has 0 aliphatic carbocycles. The monoisotopic (exact) mass is 388 g/mol. The summed E-state index contributed by atoms with van der Waals surface area (Å²) in [4.78, 5) is 39.6. The molecule has 0 bridgehead atoms. The minimum atomic E-state index is -1.13. The van der Waals surface area contributed by atoms with E-state index in [4.69, 9.17) is 0 Å². The van der Waals surface area contributed by atoms with E-state index in [9.17, 15) is 19.6 Å². The van der Waals surface area contributed by atoms with Crippen LogP contribution in [0.3, 0.4) is 0 Å². The van der Waals surface area contributed by atoms with Gasteiger partial charge in [-0.25, -0.2) is 4.79 Å². The molecule has 1 heterocycles. The molecule has 4 N–H and O–H groups in total. The molecule has 8 heteroatoms. The molecule has 0 atom stereocenters. The van der Waals surface area contributed by atoms with Crippen molar-refractivity contribution in [3.63, 3.8) is 0 Å². The summed E-state index contributed by atoms with van der Waals surface area (Å²) in [5.74, 6) is -0.891. The van der Waals surface area contributed by atoms with Crippen molar-refractivity contribution in [2.24, 2.45) is 0 Å². The van der Waals surface area contributed by atoms with Gasteiger partial charge in [-0.15, -0.1) is 0 Å². The van der Waals surface area contributed by atoms with Gasteiger partial charge >= 0.3 is 11.2 Å². The molecule has 1 aromatic heterocycles. The standard InChI is InChI=1S/C21H16N4O4/c26-19(23-16-12-6-8-13-7-4-5-11-15(13)16)17-18(22-14-9-2-1-3-10-14)24-21(28)25(29)20(17)27/h1-12,22,29H,(H,23,26)(H,24,28). The highest BCUT2D eigenvalue weighted by atomic mass is 16.5. The van der Waals surface area contributed by atoms with Crippen LogP contribution in [0.15, 0.2) is 82.4 Å². The van der Waals surface area contributed by atoms with Gasteiger partial charge < -0.3 is 15.8 Å². The third-order valence-electron chi connectivity index (χ3n) is 4.39. The second-order valence-electron chi connectivity index (χ2n) is 6.27. The number of amides is 1. The fourth-order valence-corrected chi connectivity index (χ4v) is 3.02. The Hall–Kier alpha value is -4.33. The van der Waals surface area contributed by atoms with Crippen LogP contribution in [0.1, 0.15) is 10.4 Å². The molecule has 0 saturated carbocycles. The summed E-state index contributed by atoms with van der Waals surface area (Å²) in [6.07, 6.45) is 0. The number of rotatable bonds is 4. The number of hydrogen-bond donors (Lipinski definition) is 4. The predicted octanol–water partition coefficient (Wildman–Crippen LogP) is 2.92. The summed E-state index contributed by atoms with van der Waals surface area (Å²) < 4.78 is -0.131. The smallest absolute Gasteiger partial charge is 0.363 e. The van der Waals surface area contributed by atoms with E-state index in [-0.39, 0.29) is 10.5 Å². The number of anilines is 3. The predicted molar refractivity (Wildman–Crippen MR) is 110 cm³/mol. The molecule has 0 unspecified atom stereocenters. The quantitative estimate of drug-likeness (QED) is 0.401. The van der Waals surface area contributed by atoms with E-state index < -0.39 is 22.7 Å². The fourth-order valence-electron chi connectivity index (χ4n) is 3.02. The molecule has 4 aromatic rings. The van der Waals surface area contributed by atoms with Gasteiger partial charge in [0, 0.05) is 16.8 Å². The Morgan fingerprint density at radius 1 is 0.897 bits per heavy atom. The second kappa shape index (κ2) is 7.35. The second-order valence-corrected chi connectivity index (χ2v) is 6.27. The molecule has 0 aliphatic rings. The van der Waals surface area contributed by atoms with Crippen molar-refractivity contribution < 1.29 is 10.0 Å². The van der Waals surface area contributed by atoms with E-state index in [2.05, 4.69) is 15.6 Å². The lowest BCUT2D eigenvalue weighted by molar-refractivity contribution is 0.101. The van der Waals surface area contributed by atoms with Gasteiger partial charge in [-0.2, -0.15) is 0 Å². The van der Waals surface area contributed by atoms with E-state index >= 15 is 0 Å². The highest BCUT2D eigenvalue weighted by Gasteiger charge is 2.22. The summed E-state index contributed by atoms with van der Waals surface area (Å²) in [5.41, 5.74) is -1.57. The number of carbonyl (C=O) groups excluding carboxylic acids is 1. The highest BCUT2D eigenvalue weighted by molar-refractivity contribution is 6.11. The van der Waals surface area contributed by atoms with Crippen molar-refractivity contribution >= 4 is 33.9 Å². The van der Waals surface area contributed by atoms with Gasteiger partial charge in [0.2, 0.25) is 0 Å². The van der Waals surface area contributed by atoms with E-state index in [1.807, 2.05) is 30.3 Å². The average Bonchev–Trinajstić information content (AvgIpc) is 2.73. The van der Waals surface area contributed by atoms with Crippen molar-refractivity contribution in [1.29, 1.82) is 0 Å². The lowest BCUT2D eigenvalue weighted by Crippen LogP contribution is -2.39. The SMILES string of the molecule is O=C(Nc1cccc2ccccc12)c1c(Nc2ccccc2)[nH]c(=O)n(O)c1=O. The Kier molecular flexibility index (Phi) is 4.58. The third-order valence-corrected chi connectivity index (χ3v) is 4.39. The van der Waals surface area contributed by atoms with Crippen LogP contribution < -0.4 is 21.9 Å². The molecule has 0 spiro atoms. The summed E-state index contributed by atoms with van der Waals surface area (Å²) in [6.45, 7) is 0. The molecule has 0 fully saturated rings. The van der Waals surface area contributed by atoms with E-state index in [1.165, 1.54) is 0 Å². The first-order chi connectivity index (χ1) is 14.0. The molecule has 0 saturated heterocycles. The molecular formula is C21H16N4O4. The number of fused-ring (bicyclic) bond motifs is 1. The van der Waals surface area contributed by atoms with Crippen molar-refractivity contribution in [3.8, 4) is 0 Å². The van der Waals surface area contributed by atoms with Crippen molar-refractivity contribution in [2.75, 3.05) is 10.6 Å². The van der Waals surface area contributed by atoms with Crippen LogP contribution in [0, 0.1) is 0 Å². The van der Waals surface area contributed by atoms with Gasteiger partial charge in [-0.1, -0.05) is 59.3 Å². The maximum atomic E-state index is 13.0. The van der Waals surface area contributed by atoms with Crippen molar-refractivity contribution in [1.82, 2.24) is 9.71 Å². The number of H-pyrrole nitrogens is 1. The fraction of sp³-hybridized carbons (Fsp3) is 0. The Balaban J connectivity index is 1.79. The maximum Gasteiger partial charge on any atom is 0.363 e. The number of nitrogens with zero attached hydrogens (tertiary/aromatic N) is 1. The molecule has 0 radical (unpaired) electrons. The number of aromatic nitrogens is 2. The molecular weight excluding hydrogens is 372 g/mol. The van der Waals surface area contributed by atoms with Crippen molar-refractivity contribution in [3.05, 3.63) is 99.2 Å². The Bertz CT molecular complexity index is 1320. The summed E-state index contributed by atoms with van der Waals surface area (Å²) in [5, 5.41) is 16.9. The van der Waals surface area contributed by atoms with Gasteiger partial charge in [-0.05, 0) is 23.6 Å². The van der Waals surface area contributed by atoms with E-state index in [0.29, 0.717) is 11.4 Å². The van der Waals surface area contributed by atoms with Gasteiger partial charge in [0.15, 0.2) is 0 Å². The topological polar surface area (TPSA) is 116 Å². The first-order valence-electron chi connectivity index (χ1n) is 8.74. The summed E-state index contributed by atoms with van der Waals surface area (Å²) in [6, 6.07) is 21.5. The molecule has 0 aliphatic heterocycles. The Morgan fingerprint density at radius 3 is 2.38 bits per heavy atom. The highest BCUT2D eigenvalue weighted by Crippen LogP contribution is 2.24. The molecule has 8 nitrogen and oxygen atoms in total. The normalized spacial score (nSPS) is 10.6. The van der Waals surface area contributed by atoms with Crippen LogP contribution in [0.5, 0.6) is 0 Å². The van der Waals surface area contributed by atoms with Crippen LogP contribution >= 0.6 is 0 Å². The number of nitrogens with one attached hydrogen (secondary N) is 3. The Labute approximate surface area is 164 Å². The number of aromatic amines is 1. The first kappa shape index (κ1) is 18.1.